The van der Waals surface area contributed by atoms with Crippen LogP contribution in [0.1, 0.15) is 40.7 Å². The minimum atomic E-state index is -0.265. The number of hydrogen-bond acceptors (Lipinski definition) is 5. The van der Waals surface area contributed by atoms with Crippen molar-refractivity contribution in [2.75, 3.05) is 32.8 Å². The third-order valence-electron chi connectivity index (χ3n) is 5.98. The minimum Gasteiger partial charge on any atom is -0.449 e. The first kappa shape index (κ1) is 19.6. The van der Waals surface area contributed by atoms with Crippen LogP contribution in [0.15, 0.2) is 24.4 Å². The molecule has 4 rings (SSSR count). The molecule has 2 N–H and O–H groups in total. The van der Waals surface area contributed by atoms with Crippen LogP contribution in [0.25, 0.3) is 10.9 Å². The lowest BCUT2D eigenvalue weighted by molar-refractivity contribution is 0.0555. The third kappa shape index (κ3) is 4.34. The maximum atomic E-state index is 12.9. The molecule has 0 spiro atoms. The number of amides is 2. The molecule has 2 heterocycles. The standard InChI is InChI=1S/C22H28N4O3/c1-15-18(13-23)14-24-20-12-17(4-5-19(15)20)21(27)25-7-9-26(10-8-25)22(28)29-11-6-16-2-3-16/h4-5,12,14,16H,2-3,6-11,13,23H2,1H3. The molecular weight excluding hydrogens is 368 g/mol. The zero-order chi connectivity index (χ0) is 20.4. The average molecular weight is 396 g/mol. The molecule has 2 aromatic rings. The molecule has 2 fully saturated rings. The summed E-state index contributed by atoms with van der Waals surface area (Å²) in [4.78, 5) is 33.0. The van der Waals surface area contributed by atoms with Gasteiger partial charge in [-0.1, -0.05) is 18.9 Å². The summed E-state index contributed by atoms with van der Waals surface area (Å²) in [6, 6.07) is 5.62. The minimum absolute atomic E-state index is 0.0315. The van der Waals surface area contributed by atoms with Gasteiger partial charge in [-0.25, -0.2) is 4.79 Å². The fourth-order valence-corrected chi connectivity index (χ4v) is 3.80. The van der Waals surface area contributed by atoms with E-state index in [2.05, 4.69) is 4.98 Å². The van der Waals surface area contributed by atoms with Gasteiger partial charge >= 0.3 is 6.09 Å². The van der Waals surface area contributed by atoms with Gasteiger partial charge in [0.05, 0.1) is 12.1 Å². The molecule has 1 saturated heterocycles. The van der Waals surface area contributed by atoms with E-state index in [1.54, 1.807) is 16.0 Å². The zero-order valence-corrected chi connectivity index (χ0v) is 16.9. The molecule has 1 saturated carbocycles. The van der Waals surface area contributed by atoms with Gasteiger partial charge < -0.3 is 20.3 Å². The molecule has 1 aromatic heterocycles. The molecule has 0 atom stereocenters. The molecular formula is C22H28N4O3. The van der Waals surface area contributed by atoms with E-state index in [0.29, 0.717) is 44.9 Å². The maximum Gasteiger partial charge on any atom is 0.409 e. The Morgan fingerprint density at radius 3 is 2.59 bits per heavy atom. The molecule has 1 aromatic carbocycles. The van der Waals surface area contributed by atoms with Crippen molar-refractivity contribution in [3.63, 3.8) is 0 Å². The van der Waals surface area contributed by atoms with E-state index in [4.69, 9.17) is 10.5 Å². The van der Waals surface area contributed by atoms with Crippen molar-refractivity contribution in [1.29, 1.82) is 0 Å². The van der Waals surface area contributed by atoms with Crippen LogP contribution >= 0.6 is 0 Å². The van der Waals surface area contributed by atoms with Crippen LogP contribution in [0.5, 0.6) is 0 Å². The van der Waals surface area contributed by atoms with Gasteiger partial charge in [-0.2, -0.15) is 0 Å². The van der Waals surface area contributed by atoms with Gasteiger partial charge in [0.25, 0.3) is 5.91 Å². The highest BCUT2D eigenvalue weighted by atomic mass is 16.6. The van der Waals surface area contributed by atoms with Gasteiger partial charge in [0.2, 0.25) is 0 Å². The Bertz CT molecular complexity index is 918. The van der Waals surface area contributed by atoms with Crippen LogP contribution in [-0.2, 0) is 11.3 Å². The molecule has 2 amide bonds. The predicted molar refractivity (Wildman–Crippen MR) is 111 cm³/mol. The molecule has 0 unspecified atom stereocenters. The molecule has 7 nitrogen and oxygen atoms in total. The highest BCUT2D eigenvalue weighted by Crippen LogP contribution is 2.32. The highest BCUT2D eigenvalue weighted by Gasteiger charge is 2.27. The summed E-state index contributed by atoms with van der Waals surface area (Å²) < 4.78 is 5.36. The average Bonchev–Trinajstić information content (AvgIpc) is 3.58. The van der Waals surface area contributed by atoms with E-state index < -0.39 is 0 Å². The van der Waals surface area contributed by atoms with E-state index in [1.165, 1.54) is 12.8 Å². The molecule has 2 aliphatic rings. The van der Waals surface area contributed by atoms with Gasteiger partial charge in [-0.05, 0) is 42.5 Å². The molecule has 0 radical (unpaired) electrons. The summed E-state index contributed by atoms with van der Waals surface area (Å²) >= 11 is 0. The Morgan fingerprint density at radius 2 is 1.90 bits per heavy atom. The fourth-order valence-electron chi connectivity index (χ4n) is 3.80. The number of ether oxygens (including phenoxy) is 1. The number of pyridine rings is 1. The van der Waals surface area contributed by atoms with Gasteiger partial charge in [0.15, 0.2) is 0 Å². The van der Waals surface area contributed by atoms with Crippen molar-refractivity contribution in [3.05, 3.63) is 41.1 Å². The monoisotopic (exact) mass is 396 g/mol. The van der Waals surface area contributed by atoms with Crippen LogP contribution in [0.3, 0.4) is 0 Å². The molecule has 7 heteroatoms. The number of aryl methyl sites for hydroxylation is 1. The number of carbonyl (C=O) groups is 2. The highest BCUT2D eigenvalue weighted by molar-refractivity contribution is 5.98. The lowest BCUT2D eigenvalue weighted by atomic mass is 10.0. The molecule has 1 aliphatic heterocycles. The van der Waals surface area contributed by atoms with E-state index in [0.717, 1.165) is 34.4 Å². The molecule has 0 bridgehead atoms. The van der Waals surface area contributed by atoms with E-state index in [-0.39, 0.29) is 12.0 Å². The lowest BCUT2D eigenvalue weighted by Gasteiger charge is -2.34. The topological polar surface area (TPSA) is 88.8 Å². The number of carbonyl (C=O) groups excluding carboxylic acids is 2. The Hall–Kier alpha value is -2.67. The second-order valence-electron chi connectivity index (χ2n) is 7.97. The fraction of sp³-hybridized carbons (Fsp3) is 0.500. The van der Waals surface area contributed by atoms with Gasteiger partial charge in [0, 0.05) is 49.9 Å². The van der Waals surface area contributed by atoms with Crippen molar-refractivity contribution in [3.8, 4) is 0 Å². The second kappa shape index (κ2) is 8.37. The van der Waals surface area contributed by atoms with E-state index in [9.17, 15) is 9.59 Å². The van der Waals surface area contributed by atoms with Crippen LogP contribution in [0.4, 0.5) is 4.79 Å². The molecule has 29 heavy (non-hydrogen) atoms. The number of nitrogens with zero attached hydrogens (tertiary/aromatic N) is 3. The smallest absolute Gasteiger partial charge is 0.409 e. The van der Waals surface area contributed by atoms with Crippen molar-refractivity contribution in [2.24, 2.45) is 11.7 Å². The van der Waals surface area contributed by atoms with Crippen LogP contribution in [0, 0.1) is 12.8 Å². The number of aromatic nitrogens is 1. The van der Waals surface area contributed by atoms with Gasteiger partial charge in [0.1, 0.15) is 0 Å². The van der Waals surface area contributed by atoms with Crippen molar-refractivity contribution >= 4 is 22.9 Å². The summed E-state index contributed by atoms with van der Waals surface area (Å²) in [6.07, 6.45) is 5.00. The third-order valence-corrected chi connectivity index (χ3v) is 5.98. The lowest BCUT2D eigenvalue weighted by Crippen LogP contribution is -2.50. The summed E-state index contributed by atoms with van der Waals surface area (Å²) in [7, 11) is 0. The Morgan fingerprint density at radius 1 is 1.17 bits per heavy atom. The quantitative estimate of drug-likeness (QED) is 0.839. The van der Waals surface area contributed by atoms with E-state index in [1.807, 2.05) is 25.1 Å². The SMILES string of the molecule is Cc1c(CN)cnc2cc(C(=O)N3CCN(C(=O)OCCC4CC4)CC3)ccc12. The second-order valence-corrected chi connectivity index (χ2v) is 7.97. The Balaban J connectivity index is 1.35. The number of fused-ring (bicyclic) bond motifs is 1. The molecule has 1 aliphatic carbocycles. The first-order valence-corrected chi connectivity index (χ1v) is 10.4. The van der Waals surface area contributed by atoms with Crippen LogP contribution < -0.4 is 5.73 Å². The van der Waals surface area contributed by atoms with Gasteiger partial charge in [-0.3, -0.25) is 9.78 Å². The largest absolute Gasteiger partial charge is 0.449 e. The van der Waals surface area contributed by atoms with Crippen molar-refractivity contribution < 1.29 is 14.3 Å². The van der Waals surface area contributed by atoms with Crippen LogP contribution in [0.2, 0.25) is 0 Å². The van der Waals surface area contributed by atoms with Crippen LogP contribution in [-0.4, -0.2) is 59.6 Å². The Labute approximate surface area is 170 Å². The summed E-state index contributed by atoms with van der Waals surface area (Å²) in [5.41, 5.74) is 9.28. The van der Waals surface area contributed by atoms with Crippen molar-refractivity contribution in [1.82, 2.24) is 14.8 Å². The first-order chi connectivity index (χ1) is 14.1. The van der Waals surface area contributed by atoms with Crippen molar-refractivity contribution in [2.45, 2.75) is 32.7 Å². The first-order valence-electron chi connectivity index (χ1n) is 10.4. The number of nitrogens with two attached hydrogens (primary N) is 1. The summed E-state index contributed by atoms with van der Waals surface area (Å²) in [5, 5.41) is 1.02. The summed E-state index contributed by atoms with van der Waals surface area (Å²) in [6.45, 7) is 4.98. The number of rotatable bonds is 5. The normalized spacial score (nSPS) is 16.9. The number of benzene rings is 1. The number of hydrogen-bond donors (Lipinski definition) is 1. The van der Waals surface area contributed by atoms with E-state index >= 15 is 0 Å². The maximum absolute atomic E-state index is 12.9. The Kier molecular flexibility index (Phi) is 5.67. The summed E-state index contributed by atoms with van der Waals surface area (Å²) in [5.74, 6) is 0.718. The zero-order valence-electron chi connectivity index (χ0n) is 16.9. The molecule has 154 valence electrons. The van der Waals surface area contributed by atoms with Gasteiger partial charge in [-0.15, -0.1) is 0 Å². The predicted octanol–water partition coefficient (Wildman–Crippen LogP) is 2.70. The number of piperazine rings is 1.